The number of carbonyl (C=O) groups excluding carboxylic acids is 2. The standard InChI is InChI=1S/C24H20F2N2O2/c1-15-5-2-6-18(13-15)24(30)28-12-4-7-16-14-17(10-11-21(16)28)23(29)27-22-19(25)8-3-9-20(22)26/h2-3,5-6,8-11,13-14H,4,7,12H2,1H3,(H,27,29). The van der Waals surface area contributed by atoms with Crippen LogP contribution in [0.5, 0.6) is 0 Å². The van der Waals surface area contributed by atoms with Gasteiger partial charge in [0.2, 0.25) is 0 Å². The number of hydrogen-bond donors (Lipinski definition) is 1. The molecule has 4 rings (SSSR count). The smallest absolute Gasteiger partial charge is 0.258 e. The van der Waals surface area contributed by atoms with Crippen LogP contribution < -0.4 is 10.2 Å². The SMILES string of the molecule is Cc1cccc(C(=O)N2CCCc3cc(C(=O)Nc4c(F)cccc4F)ccc32)c1. The molecule has 0 unspecified atom stereocenters. The van der Waals surface area contributed by atoms with Crippen molar-refractivity contribution in [2.45, 2.75) is 19.8 Å². The van der Waals surface area contributed by atoms with Crippen molar-refractivity contribution in [3.8, 4) is 0 Å². The number of amides is 2. The first kappa shape index (κ1) is 19.8. The van der Waals surface area contributed by atoms with E-state index in [1.807, 2.05) is 25.1 Å². The molecule has 0 saturated heterocycles. The van der Waals surface area contributed by atoms with Crippen molar-refractivity contribution >= 4 is 23.2 Å². The third kappa shape index (κ3) is 3.81. The van der Waals surface area contributed by atoms with Crippen LogP contribution in [0.3, 0.4) is 0 Å². The summed E-state index contributed by atoms with van der Waals surface area (Å²) in [6, 6.07) is 15.8. The van der Waals surface area contributed by atoms with E-state index < -0.39 is 23.2 Å². The zero-order valence-corrected chi connectivity index (χ0v) is 16.4. The van der Waals surface area contributed by atoms with Crippen molar-refractivity contribution in [2.75, 3.05) is 16.8 Å². The summed E-state index contributed by atoms with van der Waals surface area (Å²) in [5.41, 5.74) is 3.02. The normalized spacial score (nSPS) is 13.0. The van der Waals surface area contributed by atoms with Crippen molar-refractivity contribution in [1.29, 1.82) is 0 Å². The summed E-state index contributed by atoms with van der Waals surface area (Å²) in [5.74, 6) is -2.37. The first-order chi connectivity index (χ1) is 14.4. The van der Waals surface area contributed by atoms with Gasteiger partial charge in [-0.2, -0.15) is 0 Å². The summed E-state index contributed by atoms with van der Waals surface area (Å²) in [4.78, 5) is 27.3. The Balaban J connectivity index is 1.60. The van der Waals surface area contributed by atoms with Gasteiger partial charge in [0.1, 0.15) is 17.3 Å². The van der Waals surface area contributed by atoms with Gasteiger partial charge in [0.15, 0.2) is 0 Å². The molecular formula is C24H20F2N2O2. The molecule has 3 aromatic rings. The van der Waals surface area contributed by atoms with Gasteiger partial charge in [0.05, 0.1) is 0 Å². The molecule has 0 radical (unpaired) electrons. The molecule has 0 bridgehead atoms. The van der Waals surface area contributed by atoms with Gasteiger partial charge < -0.3 is 10.2 Å². The fraction of sp³-hybridized carbons (Fsp3) is 0.167. The third-order valence-electron chi connectivity index (χ3n) is 5.17. The van der Waals surface area contributed by atoms with Crippen molar-refractivity contribution in [3.05, 3.63) is 94.6 Å². The number of nitrogens with one attached hydrogen (secondary N) is 1. The lowest BCUT2D eigenvalue weighted by Gasteiger charge is -2.30. The van der Waals surface area contributed by atoms with Crippen molar-refractivity contribution in [1.82, 2.24) is 0 Å². The van der Waals surface area contributed by atoms with Crippen LogP contribution in [-0.2, 0) is 6.42 Å². The minimum Gasteiger partial charge on any atom is -0.317 e. The van der Waals surface area contributed by atoms with Crippen LogP contribution in [0.1, 0.15) is 38.3 Å². The maximum absolute atomic E-state index is 13.8. The Bertz CT molecular complexity index is 1120. The zero-order valence-electron chi connectivity index (χ0n) is 16.4. The fourth-order valence-electron chi connectivity index (χ4n) is 3.69. The van der Waals surface area contributed by atoms with Gasteiger partial charge in [0, 0.05) is 23.4 Å². The Morgan fingerprint density at radius 1 is 0.933 bits per heavy atom. The lowest BCUT2D eigenvalue weighted by atomic mass is 9.98. The highest BCUT2D eigenvalue weighted by Gasteiger charge is 2.25. The molecule has 0 aromatic heterocycles. The monoisotopic (exact) mass is 406 g/mol. The minimum absolute atomic E-state index is 0.0923. The van der Waals surface area contributed by atoms with Crippen LogP contribution in [0, 0.1) is 18.6 Å². The highest BCUT2D eigenvalue weighted by molar-refractivity contribution is 6.08. The Kier molecular flexibility index (Phi) is 5.31. The molecule has 0 fully saturated rings. The van der Waals surface area contributed by atoms with E-state index in [1.165, 1.54) is 6.07 Å². The average Bonchev–Trinajstić information content (AvgIpc) is 2.75. The number of fused-ring (bicyclic) bond motifs is 1. The minimum atomic E-state index is -0.837. The summed E-state index contributed by atoms with van der Waals surface area (Å²) in [6.07, 6.45) is 1.47. The lowest BCUT2D eigenvalue weighted by Crippen LogP contribution is -2.35. The van der Waals surface area contributed by atoms with Gasteiger partial charge in [-0.3, -0.25) is 9.59 Å². The largest absolute Gasteiger partial charge is 0.317 e. The second-order valence-corrected chi connectivity index (χ2v) is 7.32. The maximum atomic E-state index is 13.8. The van der Waals surface area contributed by atoms with Gasteiger partial charge in [0.25, 0.3) is 11.8 Å². The number of anilines is 2. The fourth-order valence-corrected chi connectivity index (χ4v) is 3.69. The Morgan fingerprint density at radius 2 is 1.67 bits per heavy atom. The molecule has 1 aliphatic heterocycles. The third-order valence-corrected chi connectivity index (χ3v) is 5.17. The summed E-state index contributed by atoms with van der Waals surface area (Å²) >= 11 is 0. The van der Waals surface area contributed by atoms with Gasteiger partial charge in [-0.25, -0.2) is 8.78 Å². The summed E-state index contributed by atoms with van der Waals surface area (Å²) < 4.78 is 27.7. The number of benzene rings is 3. The quantitative estimate of drug-likeness (QED) is 0.656. The van der Waals surface area contributed by atoms with Crippen LogP contribution in [0.15, 0.2) is 60.7 Å². The van der Waals surface area contributed by atoms with Crippen LogP contribution in [0.25, 0.3) is 0 Å². The Labute approximate surface area is 173 Å². The summed E-state index contributed by atoms with van der Waals surface area (Å²) in [5, 5.41) is 2.30. The van der Waals surface area contributed by atoms with Gasteiger partial charge in [-0.1, -0.05) is 23.8 Å². The van der Waals surface area contributed by atoms with Crippen LogP contribution >= 0.6 is 0 Å². The lowest BCUT2D eigenvalue weighted by molar-refractivity contribution is 0.0984. The molecule has 2 amide bonds. The second-order valence-electron chi connectivity index (χ2n) is 7.32. The maximum Gasteiger partial charge on any atom is 0.258 e. The highest BCUT2D eigenvalue weighted by atomic mass is 19.1. The first-order valence-electron chi connectivity index (χ1n) is 9.71. The molecule has 6 heteroatoms. The van der Waals surface area contributed by atoms with Crippen molar-refractivity contribution in [2.24, 2.45) is 0 Å². The molecule has 0 saturated carbocycles. The molecule has 4 nitrogen and oxygen atoms in total. The summed E-state index contributed by atoms with van der Waals surface area (Å²) in [6.45, 7) is 2.52. The van der Waals surface area contributed by atoms with E-state index in [-0.39, 0.29) is 11.5 Å². The Hall–Kier alpha value is -3.54. The van der Waals surface area contributed by atoms with Gasteiger partial charge >= 0.3 is 0 Å². The van der Waals surface area contributed by atoms with E-state index in [0.717, 1.165) is 35.4 Å². The predicted molar refractivity (Wildman–Crippen MR) is 112 cm³/mol. The predicted octanol–water partition coefficient (Wildman–Crippen LogP) is 5.12. The van der Waals surface area contributed by atoms with Crippen LogP contribution in [0.4, 0.5) is 20.2 Å². The number of rotatable bonds is 3. The van der Waals surface area contributed by atoms with Crippen LogP contribution in [0.2, 0.25) is 0 Å². The van der Waals surface area contributed by atoms with Gasteiger partial charge in [-0.15, -0.1) is 0 Å². The summed E-state index contributed by atoms with van der Waals surface area (Å²) in [7, 11) is 0. The zero-order chi connectivity index (χ0) is 21.3. The molecule has 1 heterocycles. The number of hydrogen-bond acceptors (Lipinski definition) is 2. The van der Waals surface area contributed by atoms with E-state index in [9.17, 15) is 18.4 Å². The number of carbonyl (C=O) groups is 2. The van der Waals surface area contributed by atoms with Crippen molar-refractivity contribution in [3.63, 3.8) is 0 Å². The number of para-hydroxylation sites is 1. The molecule has 1 N–H and O–H groups in total. The number of aryl methyl sites for hydroxylation is 2. The number of halogens is 2. The second kappa shape index (κ2) is 8.06. The Morgan fingerprint density at radius 3 is 2.40 bits per heavy atom. The van der Waals surface area contributed by atoms with E-state index in [1.54, 1.807) is 29.2 Å². The van der Waals surface area contributed by atoms with Crippen LogP contribution in [-0.4, -0.2) is 18.4 Å². The highest BCUT2D eigenvalue weighted by Crippen LogP contribution is 2.30. The van der Waals surface area contributed by atoms with Crippen molar-refractivity contribution < 1.29 is 18.4 Å². The van der Waals surface area contributed by atoms with E-state index in [2.05, 4.69) is 5.32 Å². The van der Waals surface area contributed by atoms with Gasteiger partial charge in [-0.05, 0) is 67.8 Å². The average molecular weight is 406 g/mol. The number of nitrogens with zero attached hydrogens (tertiary/aromatic N) is 1. The first-order valence-corrected chi connectivity index (χ1v) is 9.71. The molecule has 1 aliphatic rings. The molecule has 152 valence electrons. The molecule has 30 heavy (non-hydrogen) atoms. The molecular weight excluding hydrogens is 386 g/mol. The van der Waals surface area contributed by atoms with E-state index >= 15 is 0 Å². The molecule has 0 aliphatic carbocycles. The molecule has 0 spiro atoms. The molecule has 3 aromatic carbocycles. The molecule has 0 atom stereocenters. The topological polar surface area (TPSA) is 49.4 Å². The van der Waals surface area contributed by atoms with E-state index in [0.29, 0.717) is 18.5 Å². The van der Waals surface area contributed by atoms with E-state index in [4.69, 9.17) is 0 Å².